The van der Waals surface area contributed by atoms with Crippen molar-refractivity contribution in [1.82, 2.24) is 4.98 Å². The van der Waals surface area contributed by atoms with E-state index >= 15 is 0 Å². The summed E-state index contributed by atoms with van der Waals surface area (Å²) >= 11 is 11.9. The highest BCUT2D eigenvalue weighted by Gasteiger charge is 2.39. The molecule has 1 fully saturated rings. The van der Waals surface area contributed by atoms with Gasteiger partial charge in [0, 0.05) is 12.7 Å². The predicted octanol–water partition coefficient (Wildman–Crippen LogP) is 3.11. The molecule has 0 aromatic carbocycles. The molecule has 4 nitrogen and oxygen atoms in total. The van der Waals surface area contributed by atoms with Gasteiger partial charge in [0.15, 0.2) is 0 Å². The van der Waals surface area contributed by atoms with Crippen molar-refractivity contribution in [2.75, 3.05) is 18.6 Å². The lowest BCUT2D eigenvalue weighted by Crippen LogP contribution is -2.37. The Morgan fingerprint density at radius 2 is 2.19 bits per heavy atom. The third kappa shape index (κ3) is 3.35. The van der Waals surface area contributed by atoms with Crippen molar-refractivity contribution in [3.63, 3.8) is 0 Å². The molecule has 21 heavy (non-hydrogen) atoms. The Labute approximate surface area is 128 Å². The quantitative estimate of drug-likeness (QED) is 0.611. The lowest BCUT2D eigenvalue weighted by Gasteiger charge is -2.24. The van der Waals surface area contributed by atoms with Gasteiger partial charge in [0.1, 0.15) is 11.9 Å². The first-order valence-corrected chi connectivity index (χ1v) is 6.76. The van der Waals surface area contributed by atoms with Crippen LogP contribution in [0.25, 0.3) is 0 Å². The lowest BCUT2D eigenvalue weighted by atomic mass is 10.2. The zero-order valence-corrected chi connectivity index (χ0v) is 12.3. The number of esters is 1. The van der Waals surface area contributed by atoms with E-state index in [1.54, 1.807) is 0 Å². The second kappa shape index (κ2) is 5.88. The van der Waals surface area contributed by atoms with Crippen molar-refractivity contribution in [2.45, 2.75) is 24.0 Å². The lowest BCUT2D eigenvalue weighted by molar-refractivity contribution is -0.142. The summed E-state index contributed by atoms with van der Waals surface area (Å²) in [5, 5.41) is -0.529. The number of anilines is 1. The molecule has 9 heteroatoms. The minimum atomic E-state index is -4.53. The van der Waals surface area contributed by atoms with Crippen molar-refractivity contribution >= 4 is 35.0 Å². The van der Waals surface area contributed by atoms with E-state index in [9.17, 15) is 18.0 Å². The van der Waals surface area contributed by atoms with Crippen LogP contribution in [0.4, 0.5) is 19.0 Å². The number of rotatable bonds is 2. The highest BCUT2D eigenvalue weighted by molar-refractivity contribution is 6.33. The van der Waals surface area contributed by atoms with Gasteiger partial charge in [-0.3, -0.25) is 0 Å². The molecule has 0 saturated carbocycles. The smallest absolute Gasteiger partial charge is 0.417 e. The second-order valence-electron chi connectivity index (χ2n) is 4.55. The van der Waals surface area contributed by atoms with Gasteiger partial charge in [-0.15, -0.1) is 11.6 Å². The fourth-order valence-electron chi connectivity index (χ4n) is 2.18. The van der Waals surface area contributed by atoms with Crippen LogP contribution >= 0.6 is 23.2 Å². The molecule has 0 radical (unpaired) electrons. The van der Waals surface area contributed by atoms with Gasteiger partial charge in [0.2, 0.25) is 0 Å². The van der Waals surface area contributed by atoms with Gasteiger partial charge in [-0.2, -0.15) is 13.2 Å². The number of halogens is 5. The number of carbonyl (C=O) groups is 1. The van der Waals surface area contributed by atoms with E-state index in [0.29, 0.717) is 12.6 Å². The van der Waals surface area contributed by atoms with Crippen molar-refractivity contribution in [3.05, 3.63) is 22.8 Å². The first-order chi connectivity index (χ1) is 9.74. The van der Waals surface area contributed by atoms with Crippen LogP contribution in [0.5, 0.6) is 0 Å². The molecule has 1 aliphatic rings. The molecular formula is C12H11Cl2F3N2O2. The summed E-state index contributed by atoms with van der Waals surface area (Å²) in [6, 6.07) is 0.0685. The summed E-state index contributed by atoms with van der Waals surface area (Å²) in [6.07, 6.45) is -3.54. The second-order valence-corrected chi connectivity index (χ2v) is 5.58. The maximum atomic E-state index is 12.6. The molecule has 116 valence electrons. The molecule has 0 N–H and O–H groups in total. The van der Waals surface area contributed by atoms with Crippen LogP contribution < -0.4 is 4.90 Å². The van der Waals surface area contributed by atoms with Crippen LogP contribution in [-0.2, 0) is 15.7 Å². The van der Waals surface area contributed by atoms with Crippen LogP contribution in [0.3, 0.4) is 0 Å². The zero-order chi connectivity index (χ0) is 15.8. The van der Waals surface area contributed by atoms with E-state index in [2.05, 4.69) is 9.72 Å². The van der Waals surface area contributed by atoms with Crippen molar-refractivity contribution in [1.29, 1.82) is 0 Å². The van der Waals surface area contributed by atoms with Crippen LogP contribution in [0, 0.1) is 0 Å². The van der Waals surface area contributed by atoms with Crippen LogP contribution in [0.1, 0.15) is 12.0 Å². The predicted molar refractivity (Wildman–Crippen MR) is 71.7 cm³/mol. The third-order valence-corrected chi connectivity index (χ3v) is 3.74. The minimum Gasteiger partial charge on any atom is -0.467 e. The Morgan fingerprint density at radius 1 is 1.52 bits per heavy atom. The Bertz CT molecular complexity index is 554. The monoisotopic (exact) mass is 342 g/mol. The largest absolute Gasteiger partial charge is 0.467 e. The average Bonchev–Trinajstić information content (AvgIpc) is 2.78. The van der Waals surface area contributed by atoms with Crippen LogP contribution in [0.15, 0.2) is 12.3 Å². The molecule has 2 atom stereocenters. The van der Waals surface area contributed by atoms with Gasteiger partial charge in [-0.05, 0) is 12.5 Å². The summed E-state index contributed by atoms with van der Waals surface area (Å²) < 4.78 is 42.4. The number of methoxy groups -OCH3 is 1. The standard InChI is InChI=1S/C12H11Cl2F3N2O2/c1-21-11(20)9-3-7(13)5-19(9)10-8(14)2-6(4-18-10)12(15,16)17/h2,4,7,9H,3,5H2,1H3/t7-,9-/m1/s1. The number of nitrogens with zero attached hydrogens (tertiary/aromatic N) is 2. The SMILES string of the molecule is COC(=O)[C@H]1C[C@@H](Cl)CN1c1ncc(C(F)(F)F)cc1Cl. The molecule has 2 rings (SSSR count). The summed E-state index contributed by atoms with van der Waals surface area (Å²) in [6.45, 7) is 0.249. The molecular weight excluding hydrogens is 332 g/mol. The highest BCUT2D eigenvalue weighted by Crippen LogP contribution is 2.36. The first-order valence-electron chi connectivity index (χ1n) is 5.95. The van der Waals surface area contributed by atoms with E-state index in [1.165, 1.54) is 12.0 Å². The average molecular weight is 343 g/mol. The normalized spacial score (nSPS) is 22.5. The fraction of sp³-hybridized carbons (Fsp3) is 0.500. The maximum Gasteiger partial charge on any atom is 0.417 e. The van der Waals surface area contributed by atoms with Crippen molar-refractivity contribution in [3.8, 4) is 0 Å². The summed E-state index contributed by atoms with van der Waals surface area (Å²) in [7, 11) is 1.23. The van der Waals surface area contributed by atoms with Crippen molar-refractivity contribution in [2.24, 2.45) is 0 Å². The van der Waals surface area contributed by atoms with Crippen molar-refractivity contribution < 1.29 is 22.7 Å². The van der Waals surface area contributed by atoms with E-state index in [4.69, 9.17) is 23.2 Å². The highest BCUT2D eigenvalue weighted by atomic mass is 35.5. The Hall–Kier alpha value is -1.21. The Balaban J connectivity index is 2.34. The van der Waals surface area contributed by atoms with E-state index in [0.717, 1.165) is 6.07 Å². The molecule has 1 saturated heterocycles. The molecule has 0 bridgehead atoms. The summed E-state index contributed by atoms with van der Waals surface area (Å²) in [5.41, 5.74) is -0.951. The Kier molecular flexibility index (Phi) is 4.53. The molecule has 1 aliphatic heterocycles. The molecule has 2 heterocycles. The number of aromatic nitrogens is 1. The summed E-state index contributed by atoms with van der Waals surface area (Å²) in [4.78, 5) is 16.9. The number of hydrogen-bond donors (Lipinski definition) is 0. The van der Waals surface area contributed by atoms with Gasteiger partial charge < -0.3 is 9.64 Å². The topological polar surface area (TPSA) is 42.4 Å². The van der Waals surface area contributed by atoms with Gasteiger partial charge in [-0.25, -0.2) is 9.78 Å². The van der Waals surface area contributed by atoms with Gasteiger partial charge >= 0.3 is 12.1 Å². The van der Waals surface area contributed by atoms with E-state index in [1.807, 2.05) is 0 Å². The molecule has 1 aromatic heterocycles. The minimum absolute atomic E-state index is 0.0863. The molecule has 1 aromatic rings. The first kappa shape index (κ1) is 16.2. The number of ether oxygens (including phenoxy) is 1. The summed E-state index contributed by atoms with van der Waals surface area (Å²) in [5.74, 6) is -0.445. The van der Waals surface area contributed by atoms with Crippen LogP contribution in [-0.4, -0.2) is 36.0 Å². The number of carbonyl (C=O) groups excluding carboxylic acids is 1. The van der Waals surface area contributed by atoms with E-state index in [-0.39, 0.29) is 22.8 Å². The number of pyridine rings is 1. The van der Waals surface area contributed by atoms with Gasteiger partial charge in [0.25, 0.3) is 0 Å². The van der Waals surface area contributed by atoms with Gasteiger partial charge in [0.05, 0.1) is 23.1 Å². The molecule has 0 aliphatic carbocycles. The van der Waals surface area contributed by atoms with Crippen LogP contribution in [0.2, 0.25) is 5.02 Å². The maximum absolute atomic E-state index is 12.6. The number of hydrogen-bond acceptors (Lipinski definition) is 4. The zero-order valence-electron chi connectivity index (χ0n) is 10.8. The van der Waals surface area contributed by atoms with E-state index < -0.39 is 23.8 Å². The molecule has 0 spiro atoms. The third-order valence-electron chi connectivity index (χ3n) is 3.14. The Morgan fingerprint density at radius 3 is 2.71 bits per heavy atom. The van der Waals surface area contributed by atoms with Gasteiger partial charge in [-0.1, -0.05) is 11.6 Å². The fourth-order valence-corrected chi connectivity index (χ4v) is 2.77. The molecule has 0 unspecified atom stereocenters. The number of alkyl halides is 4. The molecule has 0 amide bonds.